The first-order valence-corrected chi connectivity index (χ1v) is 4.41. The number of hydrogen-bond acceptors (Lipinski definition) is 3. The molecule has 1 aromatic heterocycles. The van der Waals surface area contributed by atoms with E-state index in [1.807, 2.05) is 6.92 Å². The van der Waals surface area contributed by atoms with Gasteiger partial charge in [-0.05, 0) is 6.92 Å². The molecule has 6 heteroatoms. The van der Waals surface area contributed by atoms with E-state index in [2.05, 4.69) is 5.10 Å². The summed E-state index contributed by atoms with van der Waals surface area (Å²) < 4.78 is 6.10. The van der Waals surface area contributed by atoms with Gasteiger partial charge in [-0.1, -0.05) is 23.2 Å². The molecule has 0 fully saturated rings. The summed E-state index contributed by atoms with van der Waals surface area (Å²) in [6.07, 6.45) is 1.31. The molecule has 0 N–H and O–H groups in total. The zero-order valence-corrected chi connectivity index (χ0v) is 8.47. The lowest BCUT2D eigenvalue weighted by Crippen LogP contribution is -2.24. The summed E-state index contributed by atoms with van der Waals surface area (Å²) in [6.45, 7) is 2.42. The van der Waals surface area contributed by atoms with E-state index in [0.29, 0.717) is 6.61 Å². The largest absolute Gasteiger partial charge is 0.359 e. The fourth-order valence-electron chi connectivity index (χ4n) is 0.715. The van der Waals surface area contributed by atoms with Crippen LogP contribution in [0, 0.1) is 0 Å². The van der Waals surface area contributed by atoms with Crippen molar-refractivity contribution < 1.29 is 4.74 Å². The fourth-order valence-corrected chi connectivity index (χ4v) is 0.985. The van der Waals surface area contributed by atoms with E-state index >= 15 is 0 Å². The summed E-state index contributed by atoms with van der Waals surface area (Å²) >= 11 is 11.2. The third-order valence-electron chi connectivity index (χ3n) is 1.36. The molecule has 0 saturated heterocycles. The van der Waals surface area contributed by atoms with Gasteiger partial charge in [0.1, 0.15) is 11.8 Å². The van der Waals surface area contributed by atoms with Crippen molar-refractivity contribution in [1.29, 1.82) is 0 Å². The van der Waals surface area contributed by atoms with Crippen molar-refractivity contribution in [2.75, 3.05) is 6.61 Å². The highest BCUT2D eigenvalue weighted by molar-refractivity contribution is 6.41. The second kappa shape index (κ2) is 4.60. The van der Waals surface area contributed by atoms with E-state index in [1.165, 1.54) is 6.20 Å². The number of nitrogens with zero attached hydrogens (tertiary/aromatic N) is 2. The van der Waals surface area contributed by atoms with Crippen molar-refractivity contribution in [3.63, 3.8) is 0 Å². The van der Waals surface area contributed by atoms with Gasteiger partial charge >= 0.3 is 0 Å². The lowest BCUT2D eigenvalue weighted by molar-refractivity contribution is 0.0756. The van der Waals surface area contributed by atoms with E-state index in [9.17, 15) is 4.79 Å². The molecule has 0 unspecified atom stereocenters. The van der Waals surface area contributed by atoms with Crippen LogP contribution in [0.1, 0.15) is 6.92 Å². The minimum Gasteiger partial charge on any atom is -0.359 e. The van der Waals surface area contributed by atoms with Gasteiger partial charge in [0.2, 0.25) is 0 Å². The third-order valence-corrected chi connectivity index (χ3v) is 2.11. The minimum atomic E-state index is -0.442. The van der Waals surface area contributed by atoms with Crippen molar-refractivity contribution in [3.05, 3.63) is 26.6 Å². The topological polar surface area (TPSA) is 44.1 Å². The van der Waals surface area contributed by atoms with Gasteiger partial charge in [0, 0.05) is 6.61 Å². The smallest absolute Gasteiger partial charge is 0.289 e. The lowest BCUT2D eigenvalue weighted by Gasteiger charge is -2.04. The molecule has 0 spiro atoms. The maximum Gasteiger partial charge on any atom is 0.289 e. The molecule has 0 amide bonds. The first-order chi connectivity index (χ1) is 6.16. The van der Waals surface area contributed by atoms with Crippen molar-refractivity contribution in [2.45, 2.75) is 13.7 Å². The van der Waals surface area contributed by atoms with Crippen LogP contribution in [0.5, 0.6) is 0 Å². The van der Waals surface area contributed by atoms with Crippen LogP contribution in [0.15, 0.2) is 11.0 Å². The Kier molecular flexibility index (Phi) is 3.71. The molecule has 72 valence electrons. The monoisotopic (exact) mass is 222 g/mol. The molecule has 0 atom stereocenters. The zero-order valence-electron chi connectivity index (χ0n) is 6.96. The molecule has 0 radical (unpaired) electrons. The fraction of sp³-hybridized carbons (Fsp3) is 0.429. The summed E-state index contributed by atoms with van der Waals surface area (Å²) in [5.74, 6) is 0. The normalized spacial score (nSPS) is 10.4. The first-order valence-electron chi connectivity index (χ1n) is 3.65. The molecule has 1 rings (SSSR count). The predicted octanol–water partition coefficient (Wildman–Crippen LogP) is 1.54. The third kappa shape index (κ3) is 2.43. The minimum absolute atomic E-state index is 0.0311. The zero-order chi connectivity index (χ0) is 9.84. The number of halogens is 2. The van der Waals surface area contributed by atoms with Crippen molar-refractivity contribution in [1.82, 2.24) is 9.78 Å². The number of ether oxygens (including phenoxy) is 1. The summed E-state index contributed by atoms with van der Waals surface area (Å²) in [5.41, 5.74) is -0.442. The van der Waals surface area contributed by atoms with E-state index in [0.717, 1.165) is 4.68 Å². The van der Waals surface area contributed by atoms with Gasteiger partial charge in [0.05, 0.1) is 11.2 Å². The van der Waals surface area contributed by atoms with Crippen LogP contribution in [-0.4, -0.2) is 16.4 Å². The van der Waals surface area contributed by atoms with Crippen molar-refractivity contribution in [2.24, 2.45) is 0 Å². The summed E-state index contributed by atoms with van der Waals surface area (Å²) in [7, 11) is 0. The second-order valence-electron chi connectivity index (χ2n) is 2.23. The molecule has 4 nitrogen and oxygen atoms in total. The van der Waals surface area contributed by atoms with Crippen LogP contribution < -0.4 is 5.56 Å². The maximum atomic E-state index is 11.3. The van der Waals surface area contributed by atoms with Crippen LogP contribution in [-0.2, 0) is 11.5 Å². The van der Waals surface area contributed by atoms with Crippen LogP contribution in [0.3, 0.4) is 0 Å². The van der Waals surface area contributed by atoms with Gasteiger partial charge in [-0.25, -0.2) is 4.68 Å². The van der Waals surface area contributed by atoms with Gasteiger partial charge < -0.3 is 4.74 Å². The molecule has 1 aromatic rings. The standard InChI is InChI=1S/C7H8Cl2N2O2/c1-2-13-4-11-7(12)6(9)5(8)3-10-11/h3H,2,4H2,1H3. The number of aromatic nitrogens is 2. The van der Waals surface area contributed by atoms with Crippen molar-refractivity contribution in [3.8, 4) is 0 Å². The maximum absolute atomic E-state index is 11.3. The summed E-state index contributed by atoms with van der Waals surface area (Å²) in [5, 5.41) is 3.86. The Bertz CT molecular complexity index is 351. The molecule has 0 aliphatic rings. The second-order valence-corrected chi connectivity index (χ2v) is 3.02. The Balaban J connectivity index is 2.97. The highest BCUT2D eigenvalue weighted by Crippen LogP contribution is 2.14. The molecule has 13 heavy (non-hydrogen) atoms. The molecule has 0 aliphatic heterocycles. The van der Waals surface area contributed by atoms with E-state index in [4.69, 9.17) is 27.9 Å². The Labute approximate surface area is 85.0 Å². The van der Waals surface area contributed by atoms with Crippen LogP contribution >= 0.6 is 23.2 Å². The average Bonchev–Trinajstić information content (AvgIpc) is 2.13. The molecule has 0 aromatic carbocycles. The lowest BCUT2D eigenvalue weighted by atomic mass is 10.6. The Morgan fingerprint density at radius 2 is 2.31 bits per heavy atom. The van der Waals surface area contributed by atoms with Crippen LogP contribution in [0.4, 0.5) is 0 Å². The van der Waals surface area contributed by atoms with E-state index < -0.39 is 5.56 Å². The number of rotatable bonds is 3. The van der Waals surface area contributed by atoms with Gasteiger partial charge in [0.25, 0.3) is 5.56 Å². The predicted molar refractivity (Wildman–Crippen MR) is 50.1 cm³/mol. The van der Waals surface area contributed by atoms with E-state index in [-0.39, 0.29) is 16.8 Å². The van der Waals surface area contributed by atoms with Crippen molar-refractivity contribution >= 4 is 23.2 Å². The summed E-state index contributed by atoms with van der Waals surface area (Å²) in [6, 6.07) is 0. The Morgan fingerprint density at radius 1 is 1.62 bits per heavy atom. The van der Waals surface area contributed by atoms with Gasteiger partial charge in [-0.15, -0.1) is 0 Å². The molecular formula is C7H8Cl2N2O2. The highest BCUT2D eigenvalue weighted by atomic mass is 35.5. The molecule has 0 bridgehead atoms. The van der Waals surface area contributed by atoms with E-state index in [1.54, 1.807) is 0 Å². The van der Waals surface area contributed by atoms with Crippen LogP contribution in [0.25, 0.3) is 0 Å². The number of hydrogen-bond donors (Lipinski definition) is 0. The summed E-state index contributed by atoms with van der Waals surface area (Å²) in [4.78, 5) is 11.3. The SMILES string of the molecule is CCOCn1ncc(Cl)c(Cl)c1=O. The first kappa shape index (κ1) is 10.5. The van der Waals surface area contributed by atoms with Crippen LogP contribution in [0.2, 0.25) is 10.0 Å². The Hall–Kier alpha value is -0.580. The highest BCUT2D eigenvalue weighted by Gasteiger charge is 2.06. The quantitative estimate of drug-likeness (QED) is 0.780. The molecular weight excluding hydrogens is 215 g/mol. The van der Waals surface area contributed by atoms with Gasteiger partial charge in [-0.3, -0.25) is 4.79 Å². The molecule has 1 heterocycles. The van der Waals surface area contributed by atoms with Gasteiger partial charge in [-0.2, -0.15) is 5.10 Å². The molecule has 0 saturated carbocycles. The average molecular weight is 223 g/mol. The Morgan fingerprint density at radius 3 is 2.92 bits per heavy atom. The van der Waals surface area contributed by atoms with Gasteiger partial charge in [0.15, 0.2) is 0 Å². The molecule has 0 aliphatic carbocycles.